The average Bonchev–Trinajstić information content (AvgIpc) is 3.10. The molecule has 3 heterocycles. The Balaban J connectivity index is 0.00000300. The molecule has 0 aliphatic carbocycles. The van der Waals surface area contributed by atoms with Gasteiger partial charge in [-0.3, -0.25) is 19.3 Å². The number of β-lactam (4-membered cyclic amide) rings is 1. The van der Waals surface area contributed by atoms with Crippen molar-refractivity contribution in [2.45, 2.75) is 24.8 Å². The second kappa shape index (κ2) is 9.94. The summed E-state index contributed by atoms with van der Waals surface area (Å²) in [6.45, 7) is 0.983. The van der Waals surface area contributed by atoms with Crippen LogP contribution in [0.3, 0.4) is 0 Å². The Hall–Kier alpha value is -1.60. The summed E-state index contributed by atoms with van der Waals surface area (Å²) in [5.41, 5.74) is 0.570. The van der Waals surface area contributed by atoms with Crippen LogP contribution in [0.2, 0.25) is 0 Å². The number of carbonyl (C=O) groups excluding carboxylic acids is 4. The van der Waals surface area contributed by atoms with Crippen LogP contribution in [-0.4, -0.2) is 64.5 Å². The van der Waals surface area contributed by atoms with Crippen LogP contribution in [0.5, 0.6) is 0 Å². The second-order valence-corrected chi connectivity index (χ2v) is 8.01. The van der Waals surface area contributed by atoms with E-state index in [-0.39, 0.29) is 65.5 Å². The third-order valence-corrected chi connectivity index (χ3v) is 6.36. The zero-order chi connectivity index (χ0) is 20.4. The normalized spacial score (nSPS) is 20.2. The van der Waals surface area contributed by atoms with Crippen molar-refractivity contribution < 1.29 is 58.6 Å². The number of hydrogen-bond donors (Lipinski definition) is 2. The molecule has 1 aromatic rings. The van der Waals surface area contributed by atoms with Crippen molar-refractivity contribution in [1.29, 1.82) is 0 Å². The molecule has 0 radical (unpaired) electrons. The fraction of sp³-hybridized carbons (Fsp3) is 0.438. The van der Waals surface area contributed by atoms with Gasteiger partial charge in [0, 0.05) is 30.7 Å². The smallest absolute Gasteiger partial charge is 0.543 e. The maximum atomic E-state index is 12.5. The van der Waals surface area contributed by atoms with Crippen LogP contribution in [0.25, 0.3) is 0 Å². The number of carbonyl (C=O) groups is 4. The molecule has 13 heteroatoms. The van der Waals surface area contributed by atoms with Gasteiger partial charge in [-0.1, -0.05) is 0 Å². The Morgan fingerprint density at radius 1 is 1.41 bits per heavy atom. The molecule has 0 spiro atoms. The maximum absolute atomic E-state index is 12.5. The first-order chi connectivity index (χ1) is 13.3. The maximum Gasteiger partial charge on any atom is 1.00 e. The number of thioether (sulfide) groups is 1. The van der Waals surface area contributed by atoms with Crippen molar-refractivity contribution in [1.82, 2.24) is 15.2 Å². The SMILES string of the molecule is CNc1nc(CC(=O)NC2C(=O)N3C(C(=O)[O-])=C(COC(C)=O)CS[C@H]23)cs1.[Na+]. The van der Waals surface area contributed by atoms with E-state index in [0.717, 1.165) is 4.90 Å². The number of carboxylic acids is 1. The number of rotatable bonds is 7. The largest absolute Gasteiger partial charge is 1.00 e. The number of fused-ring (bicyclic) bond motifs is 1. The third-order valence-electron chi connectivity index (χ3n) is 4.11. The summed E-state index contributed by atoms with van der Waals surface area (Å²) >= 11 is 2.65. The quantitative estimate of drug-likeness (QED) is 0.241. The average molecular weight is 448 g/mol. The van der Waals surface area contributed by atoms with Gasteiger partial charge < -0.3 is 25.3 Å². The third kappa shape index (κ3) is 5.12. The summed E-state index contributed by atoms with van der Waals surface area (Å²) in [7, 11) is 1.72. The molecule has 2 atom stereocenters. The van der Waals surface area contributed by atoms with Crippen LogP contribution in [-0.2, 0) is 30.3 Å². The Bertz CT molecular complexity index is 873. The van der Waals surface area contributed by atoms with E-state index in [1.165, 1.54) is 30.0 Å². The minimum absolute atomic E-state index is 0. The van der Waals surface area contributed by atoms with Crippen LogP contribution in [0.15, 0.2) is 16.7 Å². The molecule has 1 aromatic heterocycles. The number of aliphatic carboxylic acids is 1. The van der Waals surface area contributed by atoms with Crippen LogP contribution >= 0.6 is 23.1 Å². The molecule has 2 N–H and O–H groups in total. The number of amides is 2. The summed E-state index contributed by atoms with van der Waals surface area (Å²) in [6, 6.07) is -0.829. The number of ether oxygens (including phenoxy) is 1. The molecular weight excluding hydrogens is 431 g/mol. The van der Waals surface area contributed by atoms with Crippen molar-refractivity contribution in [3.05, 3.63) is 22.3 Å². The summed E-state index contributed by atoms with van der Waals surface area (Å²) < 4.78 is 4.85. The van der Waals surface area contributed by atoms with Crippen LogP contribution in [0.4, 0.5) is 5.13 Å². The summed E-state index contributed by atoms with van der Waals surface area (Å²) in [6.07, 6.45) is 0.0141. The fourth-order valence-corrected chi connectivity index (χ4v) is 4.86. The van der Waals surface area contributed by atoms with Gasteiger partial charge in [0.1, 0.15) is 18.0 Å². The summed E-state index contributed by atoms with van der Waals surface area (Å²) in [5.74, 6) is -2.75. The number of thiazole rings is 1. The molecule has 29 heavy (non-hydrogen) atoms. The van der Waals surface area contributed by atoms with Crippen molar-refractivity contribution in [3.63, 3.8) is 0 Å². The number of hydrogen-bond acceptors (Lipinski definition) is 10. The van der Waals surface area contributed by atoms with Gasteiger partial charge in [-0.15, -0.1) is 23.1 Å². The van der Waals surface area contributed by atoms with E-state index in [1.54, 1.807) is 12.4 Å². The first-order valence-electron chi connectivity index (χ1n) is 8.24. The van der Waals surface area contributed by atoms with Gasteiger partial charge >= 0.3 is 35.5 Å². The van der Waals surface area contributed by atoms with Crippen LogP contribution in [0.1, 0.15) is 12.6 Å². The minimum Gasteiger partial charge on any atom is -0.543 e. The molecule has 0 bridgehead atoms. The first kappa shape index (κ1) is 23.7. The monoisotopic (exact) mass is 448 g/mol. The van der Waals surface area contributed by atoms with Crippen molar-refractivity contribution in [2.75, 3.05) is 24.7 Å². The predicted octanol–water partition coefficient (Wildman–Crippen LogP) is -4.30. The van der Waals surface area contributed by atoms with E-state index < -0.39 is 29.3 Å². The predicted molar refractivity (Wildman–Crippen MR) is 99.1 cm³/mol. The number of nitrogens with one attached hydrogen (secondary N) is 2. The zero-order valence-corrected chi connectivity index (χ0v) is 19.6. The molecule has 2 aliphatic rings. The number of anilines is 1. The fourth-order valence-electron chi connectivity index (χ4n) is 2.86. The number of nitrogens with zero attached hydrogens (tertiary/aromatic N) is 2. The molecular formula is C16H17N4NaO6S2. The summed E-state index contributed by atoms with van der Waals surface area (Å²) in [5, 5.41) is 18.9. The second-order valence-electron chi connectivity index (χ2n) is 6.05. The van der Waals surface area contributed by atoms with E-state index in [0.29, 0.717) is 10.8 Å². The van der Waals surface area contributed by atoms with Gasteiger partial charge in [0.2, 0.25) is 5.91 Å². The Morgan fingerprint density at radius 2 is 2.14 bits per heavy atom. The van der Waals surface area contributed by atoms with Gasteiger partial charge in [-0.2, -0.15) is 0 Å². The Morgan fingerprint density at radius 3 is 2.72 bits per heavy atom. The van der Waals surface area contributed by atoms with E-state index in [1.807, 2.05) is 0 Å². The van der Waals surface area contributed by atoms with Gasteiger partial charge in [0.05, 0.1) is 23.8 Å². The number of esters is 1. The van der Waals surface area contributed by atoms with E-state index in [2.05, 4.69) is 15.6 Å². The minimum atomic E-state index is -1.52. The van der Waals surface area contributed by atoms with Crippen molar-refractivity contribution in [2.24, 2.45) is 0 Å². The van der Waals surface area contributed by atoms with Crippen molar-refractivity contribution in [3.8, 4) is 0 Å². The van der Waals surface area contributed by atoms with Gasteiger partial charge in [0.25, 0.3) is 5.91 Å². The van der Waals surface area contributed by atoms with E-state index in [4.69, 9.17) is 4.74 Å². The standard InChI is InChI=1S/C16H18N4O6S2.Na/c1-7(21)26-4-8-5-27-14-11(13(23)20(14)12(8)15(24)25)19-10(22)3-9-6-28-16(17-2)18-9;/h6,11,14H,3-5H2,1-2H3,(H,17,18)(H,19,22)(H,24,25);/q;+1/p-1/t11?,14-;/m1./s1. The zero-order valence-electron chi connectivity index (χ0n) is 16.0. The molecule has 3 rings (SSSR count). The number of aromatic nitrogens is 1. The summed E-state index contributed by atoms with van der Waals surface area (Å²) in [4.78, 5) is 52.5. The molecule has 0 aromatic carbocycles. The molecule has 2 amide bonds. The molecule has 1 saturated heterocycles. The van der Waals surface area contributed by atoms with Crippen LogP contribution in [0, 0.1) is 0 Å². The molecule has 10 nitrogen and oxygen atoms in total. The molecule has 1 unspecified atom stereocenters. The van der Waals surface area contributed by atoms with Gasteiger partial charge in [-0.25, -0.2) is 4.98 Å². The first-order valence-corrected chi connectivity index (χ1v) is 10.2. The Labute approximate surface area is 196 Å². The topological polar surface area (TPSA) is 141 Å². The molecule has 0 saturated carbocycles. The number of carboxylic acid groups (broad SMARTS) is 1. The molecule has 150 valence electrons. The molecule has 1 fully saturated rings. The van der Waals surface area contributed by atoms with Gasteiger partial charge in [0.15, 0.2) is 5.13 Å². The van der Waals surface area contributed by atoms with Crippen LogP contribution < -0.4 is 45.3 Å². The molecule has 2 aliphatic heterocycles. The van der Waals surface area contributed by atoms with E-state index >= 15 is 0 Å². The van der Waals surface area contributed by atoms with Gasteiger partial charge in [-0.05, 0) is 0 Å². The Kier molecular flexibility index (Phi) is 8.11. The van der Waals surface area contributed by atoms with E-state index in [9.17, 15) is 24.3 Å². The van der Waals surface area contributed by atoms with Crippen molar-refractivity contribution >= 4 is 52.0 Å².